The number of rotatable bonds is 5. The van der Waals surface area contributed by atoms with Gasteiger partial charge in [0.1, 0.15) is 11.6 Å². The largest absolute Gasteiger partial charge is 0.496 e. The molecule has 0 saturated carbocycles. The highest BCUT2D eigenvalue weighted by molar-refractivity contribution is 6.00. The Balaban J connectivity index is 2.89. The molecule has 0 aliphatic carbocycles. The van der Waals surface area contributed by atoms with Crippen molar-refractivity contribution in [1.82, 2.24) is 4.90 Å². The number of likely N-dealkylation sites (N-methyl/N-ethyl adjacent to an activating group) is 1. The summed E-state index contributed by atoms with van der Waals surface area (Å²) >= 11 is 0. The summed E-state index contributed by atoms with van der Waals surface area (Å²) in [5, 5.41) is 0. The number of nitrogens with zero attached hydrogens (tertiary/aromatic N) is 1. The molecule has 112 valence electrons. The van der Waals surface area contributed by atoms with Crippen LogP contribution in [0.15, 0.2) is 18.2 Å². The number of ketones is 1. The topological polar surface area (TPSA) is 29.5 Å². The zero-order valence-corrected chi connectivity index (χ0v) is 13.2. The summed E-state index contributed by atoms with van der Waals surface area (Å²) in [7, 11) is 3.38. The Kier molecular flexibility index (Phi) is 5.28. The van der Waals surface area contributed by atoms with Crippen molar-refractivity contribution in [2.24, 2.45) is 5.41 Å². The first-order valence-corrected chi connectivity index (χ1v) is 6.73. The molecular weight excluding hydrogens is 257 g/mol. The van der Waals surface area contributed by atoms with E-state index < -0.39 is 5.82 Å². The molecule has 0 amide bonds. The van der Waals surface area contributed by atoms with Gasteiger partial charge in [-0.3, -0.25) is 9.69 Å². The van der Waals surface area contributed by atoms with Gasteiger partial charge in [-0.2, -0.15) is 0 Å². The van der Waals surface area contributed by atoms with Crippen molar-refractivity contribution in [1.29, 1.82) is 0 Å². The predicted octanol–water partition coefficient (Wildman–Crippen LogP) is 3.38. The lowest BCUT2D eigenvalue weighted by molar-refractivity contribution is 0.0850. The van der Waals surface area contributed by atoms with Crippen LogP contribution in [0.1, 0.15) is 38.1 Å². The highest BCUT2D eigenvalue weighted by Crippen LogP contribution is 2.24. The number of carbonyl (C=O) groups is 1. The summed E-state index contributed by atoms with van der Waals surface area (Å²) in [6, 6.07) is 4.23. The summed E-state index contributed by atoms with van der Waals surface area (Å²) < 4.78 is 18.4. The second-order valence-electron chi connectivity index (χ2n) is 6.22. The summed E-state index contributed by atoms with van der Waals surface area (Å²) in [6.45, 7) is 8.69. The first-order valence-electron chi connectivity index (χ1n) is 6.73. The van der Waals surface area contributed by atoms with Crippen LogP contribution in [0, 0.1) is 11.2 Å². The Labute approximate surface area is 120 Å². The van der Waals surface area contributed by atoms with Crippen LogP contribution in [0.3, 0.4) is 0 Å². The summed E-state index contributed by atoms with van der Waals surface area (Å²) in [4.78, 5) is 14.3. The normalized spacial score (nSPS) is 13.4. The first kappa shape index (κ1) is 16.6. The number of halogens is 1. The number of hydrogen-bond donors (Lipinski definition) is 0. The standard InChI is InChI=1S/C16H24FNO2/c1-11(16(2,3)4)18(5)10-14(19)13-9-12(17)7-8-15(13)20-6/h7-9,11H,10H2,1-6H3. The molecule has 1 rings (SSSR count). The molecule has 0 fully saturated rings. The van der Waals surface area contributed by atoms with Crippen molar-refractivity contribution >= 4 is 5.78 Å². The third-order valence-electron chi connectivity index (χ3n) is 3.77. The Morgan fingerprint density at radius 1 is 1.40 bits per heavy atom. The maximum Gasteiger partial charge on any atom is 0.180 e. The van der Waals surface area contributed by atoms with E-state index >= 15 is 0 Å². The third kappa shape index (κ3) is 4.04. The molecule has 0 aliphatic heterocycles. The quantitative estimate of drug-likeness (QED) is 0.775. The lowest BCUT2D eigenvalue weighted by atomic mass is 9.87. The smallest absolute Gasteiger partial charge is 0.180 e. The highest BCUT2D eigenvalue weighted by atomic mass is 19.1. The van der Waals surface area contributed by atoms with E-state index in [0.717, 1.165) is 0 Å². The molecule has 0 radical (unpaired) electrons. The molecule has 0 heterocycles. The zero-order valence-electron chi connectivity index (χ0n) is 13.2. The molecule has 1 aromatic rings. The van der Waals surface area contributed by atoms with Gasteiger partial charge in [0.25, 0.3) is 0 Å². The summed E-state index contributed by atoms with van der Waals surface area (Å²) in [5.74, 6) is -0.158. The van der Waals surface area contributed by atoms with E-state index in [1.807, 2.05) is 11.9 Å². The zero-order chi connectivity index (χ0) is 15.5. The fourth-order valence-electron chi connectivity index (χ4n) is 2.01. The van der Waals surface area contributed by atoms with Gasteiger partial charge in [-0.15, -0.1) is 0 Å². The number of Topliss-reactive ketones (excluding diaryl/α,β-unsaturated/α-hetero) is 1. The highest BCUT2D eigenvalue weighted by Gasteiger charge is 2.26. The number of ether oxygens (including phenoxy) is 1. The van der Waals surface area contributed by atoms with Gasteiger partial charge in [-0.25, -0.2) is 4.39 Å². The van der Waals surface area contributed by atoms with Gasteiger partial charge >= 0.3 is 0 Å². The number of hydrogen-bond acceptors (Lipinski definition) is 3. The van der Waals surface area contributed by atoms with Crippen LogP contribution in [-0.4, -0.2) is 37.4 Å². The Morgan fingerprint density at radius 2 is 2.00 bits per heavy atom. The Hall–Kier alpha value is -1.42. The molecule has 1 aromatic carbocycles. The molecule has 0 spiro atoms. The molecule has 0 saturated heterocycles. The van der Waals surface area contributed by atoms with E-state index in [4.69, 9.17) is 4.74 Å². The average Bonchev–Trinajstić information content (AvgIpc) is 2.36. The predicted molar refractivity (Wildman–Crippen MR) is 78.8 cm³/mol. The maximum atomic E-state index is 13.3. The van der Waals surface area contributed by atoms with Gasteiger partial charge in [-0.1, -0.05) is 20.8 Å². The summed E-state index contributed by atoms with van der Waals surface area (Å²) in [5.41, 5.74) is 0.363. The first-order chi connectivity index (χ1) is 9.16. The number of carbonyl (C=O) groups excluding carboxylic acids is 1. The molecule has 1 atom stereocenters. The van der Waals surface area contributed by atoms with E-state index in [-0.39, 0.29) is 23.8 Å². The third-order valence-corrected chi connectivity index (χ3v) is 3.77. The van der Waals surface area contributed by atoms with Crippen molar-refractivity contribution in [2.75, 3.05) is 20.7 Å². The molecule has 3 nitrogen and oxygen atoms in total. The van der Waals surface area contributed by atoms with Crippen molar-refractivity contribution in [3.63, 3.8) is 0 Å². The van der Waals surface area contributed by atoms with Crippen molar-refractivity contribution in [3.05, 3.63) is 29.6 Å². The van der Waals surface area contributed by atoms with Gasteiger partial charge < -0.3 is 4.74 Å². The van der Waals surface area contributed by atoms with Crippen LogP contribution in [-0.2, 0) is 0 Å². The second-order valence-corrected chi connectivity index (χ2v) is 6.22. The van der Waals surface area contributed by atoms with Gasteiger partial charge in [-0.05, 0) is 37.6 Å². The lowest BCUT2D eigenvalue weighted by Gasteiger charge is -2.35. The van der Waals surface area contributed by atoms with Crippen molar-refractivity contribution in [2.45, 2.75) is 33.7 Å². The molecule has 0 aliphatic rings. The minimum Gasteiger partial charge on any atom is -0.496 e. The Morgan fingerprint density at radius 3 is 2.50 bits per heavy atom. The van der Waals surface area contributed by atoms with Gasteiger partial charge in [0, 0.05) is 6.04 Å². The van der Waals surface area contributed by atoms with Crippen molar-refractivity contribution < 1.29 is 13.9 Å². The van der Waals surface area contributed by atoms with Gasteiger partial charge in [0.05, 0.1) is 19.2 Å². The monoisotopic (exact) mass is 281 g/mol. The Bertz CT molecular complexity index is 480. The maximum absolute atomic E-state index is 13.3. The number of benzene rings is 1. The van der Waals surface area contributed by atoms with Crippen LogP contribution in [0.2, 0.25) is 0 Å². The molecule has 0 aromatic heterocycles. The van der Waals surface area contributed by atoms with Crippen LogP contribution < -0.4 is 4.74 Å². The van der Waals surface area contributed by atoms with E-state index in [2.05, 4.69) is 27.7 Å². The minimum absolute atomic E-state index is 0.0705. The molecule has 20 heavy (non-hydrogen) atoms. The van der Waals surface area contributed by atoms with Crippen LogP contribution in [0.4, 0.5) is 4.39 Å². The van der Waals surface area contributed by atoms with Crippen LogP contribution in [0.5, 0.6) is 5.75 Å². The molecular formula is C16H24FNO2. The minimum atomic E-state index is -0.430. The molecule has 4 heteroatoms. The van der Waals surface area contributed by atoms with E-state index in [1.165, 1.54) is 25.3 Å². The lowest BCUT2D eigenvalue weighted by Crippen LogP contribution is -2.42. The fourth-order valence-corrected chi connectivity index (χ4v) is 2.01. The summed E-state index contributed by atoms with van der Waals surface area (Å²) in [6.07, 6.45) is 0. The van der Waals surface area contributed by atoms with E-state index in [1.54, 1.807) is 0 Å². The van der Waals surface area contributed by atoms with Crippen LogP contribution in [0.25, 0.3) is 0 Å². The van der Waals surface area contributed by atoms with E-state index in [9.17, 15) is 9.18 Å². The SMILES string of the molecule is COc1ccc(F)cc1C(=O)CN(C)C(C)C(C)(C)C. The fraction of sp³-hybridized carbons (Fsp3) is 0.562. The van der Waals surface area contributed by atoms with Gasteiger partial charge in [0.15, 0.2) is 5.78 Å². The van der Waals surface area contributed by atoms with Gasteiger partial charge in [0.2, 0.25) is 0 Å². The molecule has 1 unspecified atom stereocenters. The second kappa shape index (κ2) is 6.35. The number of methoxy groups -OCH3 is 1. The van der Waals surface area contributed by atoms with Crippen molar-refractivity contribution in [3.8, 4) is 5.75 Å². The molecule has 0 bridgehead atoms. The van der Waals surface area contributed by atoms with Crippen LogP contribution >= 0.6 is 0 Å². The average molecular weight is 281 g/mol. The van der Waals surface area contributed by atoms with E-state index in [0.29, 0.717) is 11.3 Å². The molecule has 0 N–H and O–H groups in total.